The highest BCUT2D eigenvalue weighted by molar-refractivity contribution is 7.86. The molecule has 2 saturated heterocycles. The van der Waals surface area contributed by atoms with E-state index in [0.717, 1.165) is 5.56 Å². The van der Waals surface area contributed by atoms with Crippen molar-refractivity contribution in [2.75, 3.05) is 6.61 Å². The lowest BCUT2D eigenvalue weighted by atomic mass is 10.1. The minimum absolute atomic E-state index is 0.0619. The van der Waals surface area contributed by atoms with Crippen LogP contribution in [0, 0.1) is 6.92 Å². The first-order valence-electron chi connectivity index (χ1n) is 6.97. The molecule has 8 heteroatoms. The van der Waals surface area contributed by atoms with Crippen molar-refractivity contribution in [3.05, 3.63) is 29.8 Å². The molecule has 0 amide bonds. The Kier molecular flexibility index (Phi) is 4.23. The molecule has 2 heterocycles. The first kappa shape index (κ1) is 15.9. The summed E-state index contributed by atoms with van der Waals surface area (Å²) in [5.41, 5.74) is 0.949. The number of rotatable bonds is 4. The van der Waals surface area contributed by atoms with Crippen LogP contribution < -0.4 is 0 Å². The second-order valence-electron chi connectivity index (χ2n) is 5.39. The smallest absolute Gasteiger partial charge is 0.297 e. The maximum absolute atomic E-state index is 12.1. The average Bonchev–Trinajstić information content (AvgIpc) is 2.96. The minimum atomic E-state index is -3.90. The van der Waals surface area contributed by atoms with E-state index in [1.807, 2.05) is 6.92 Å². The summed E-state index contributed by atoms with van der Waals surface area (Å²) in [6.07, 6.45) is -3.58. The normalized spacial score (nSPS) is 34.8. The molecule has 0 aliphatic carbocycles. The molecule has 1 aromatic rings. The second kappa shape index (κ2) is 5.88. The molecule has 5 atom stereocenters. The number of ether oxygens (including phenoxy) is 3. The summed E-state index contributed by atoms with van der Waals surface area (Å²) in [7, 11) is -3.90. The van der Waals surface area contributed by atoms with Gasteiger partial charge in [0.1, 0.15) is 18.3 Å². The van der Waals surface area contributed by atoms with Gasteiger partial charge in [0, 0.05) is 0 Å². The SMILES string of the molecule is Cc1ccc(S(=O)(=O)OC[C@H]2O[C@@H]3OC(C)O[C@@H]3[C@H]2O)cc1. The highest BCUT2D eigenvalue weighted by Crippen LogP contribution is 2.32. The summed E-state index contributed by atoms with van der Waals surface area (Å²) in [6, 6.07) is 6.31. The van der Waals surface area contributed by atoms with Crippen LogP contribution in [0.5, 0.6) is 0 Å². The molecule has 1 aromatic carbocycles. The van der Waals surface area contributed by atoms with Crippen molar-refractivity contribution in [1.82, 2.24) is 0 Å². The third-order valence-electron chi connectivity index (χ3n) is 3.67. The number of hydrogen-bond acceptors (Lipinski definition) is 7. The summed E-state index contributed by atoms with van der Waals surface area (Å²) >= 11 is 0. The van der Waals surface area contributed by atoms with Gasteiger partial charge in [-0.2, -0.15) is 8.42 Å². The number of aliphatic hydroxyl groups excluding tert-OH is 1. The van der Waals surface area contributed by atoms with Crippen LogP contribution in [-0.4, -0.2) is 51.0 Å². The van der Waals surface area contributed by atoms with Crippen LogP contribution in [0.25, 0.3) is 0 Å². The van der Waals surface area contributed by atoms with Crippen LogP contribution in [0.2, 0.25) is 0 Å². The first-order valence-corrected chi connectivity index (χ1v) is 8.38. The minimum Gasteiger partial charge on any atom is -0.387 e. The lowest BCUT2D eigenvalue weighted by Crippen LogP contribution is -2.35. The highest BCUT2D eigenvalue weighted by atomic mass is 32.2. The summed E-state index contributed by atoms with van der Waals surface area (Å²) in [5.74, 6) is 0. The van der Waals surface area contributed by atoms with Crippen molar-refractivity contribution in [3.8, 4) is 0 Å². The quantitative estimate of drug-likeness (QED) is 0.806. The number of fused-ring (bicyclic) bond motifs is 1. The summed E-state index contributed by atoms with van der Waals surface area (Å²) in [6.45, 7) is 3.26. The second-order valence-corrected chi connectivity index (χ2v) is 7.00. The molecule has 2 fully saturated rings. The van der Waals surface area contributed by atoms with Crippen molar-refractivity contribution >= 4 is 10.1 Å². The van der Waals surface area contributed by atoms with Crippen molar-refractivity contribution in [2.45, 2.75) is 49.6 Å². The van der Waals surface area contributed by atoms with E-state index in [2.05, 4.69) is 0 Å². The third kappa shape index (κ3) is 3.03. The van der Waals surface area contributed by atoms with Crippen molar-refractivity contribution in [1.29, 1.82) is 0 Å². The first-order chi connectivity index (χ1) is 10.4. The van der Waals surface area contributed by atoms with Gasteiger partial charge in [0.05, 0.1) is 11.5 Å². The molecule has 1 unspecified atom stereocenters. The molecule has 7 nitrogen and oxygen atoms in total. The fourth-order valence-electron chi connectivity index (χ4n) is 2.47. The van der Waals surface area contributed by atoms with Crippen LogP contribution in [0.1, 0.15) is 12.5 Å². The standard InChI is InChI=1S/C14H18O7S/c1-8-3-5-10(6-4-8)22(16,17)18-7-11-12(15)13-14(21-11)20-9(2)19-13/h3-6,9,11-15H,7H2,1-2H3/t9?,11-,12+,13-,14+/m1/s1. The van der Waals surface area contributed by atoms with Gasteiger partial charge in [-0.1, -0.05) is 17.7 Å². The number of aryl methyl sites for hydroxylation is 1. The number of hydrogen-bond donors (Lipinski definition) is 1. The summed E-state index contributed by atoms with van der Waals surface area (Å²) in [4.78, 5) is 0.0619. The Balaban J connectivity index is 1.62. The van der Waals surface area contributed by atoms with Gasteiger partial charge >= 0.3 is 0 Å². The van der Waals surface area contributed by atoms with Gasteiger partial charge in [-0.3, -0.25) is 4.18 Å². The molecule has 0 radical (unpaired) electrons. The average molecular weight is 330 g/mol. The van der Waals surface area contributed by atoms with Crippen LogP contribution in [0.3, 0.4) is 0 Å². The van der Waals surface area contributed by atoms with Crippen molar-refractivity contribution in [2.24, 2.45) is 0 Å². The van der Waals surface area contributed by atoms with Gasteiger partial charge in [-0.15, -0.1) is 0 Å². The summed E-state index contributed by atoms with van der Waals surface area (Å²) in [5, 5.41) is 10.1. The van der Waals surface area contributed by atoms with E-state index in [-0.39, 0.29) is 11.5 Å². The zero-order valence-corrected chi connectivity index (χ0v) is 13.0. The Morgan fingerprint density at radius 3 is 2.50 bits per heavy atom. The zero-order chi connectivity index (χ0) is 15.9. The topological polar surface area (TPSA) is 91.3 Å². The summed E-state index contributed by atoms with van der Waals surface area (Å²) < 4.78 is 45.2. The molecular formula is C14H18O7S. The van der Waals surface area contributed by atoms with Crippen LogP contribution >= 0.6 is 0 Å². The molecule has 3 rings (SSSR count). The fraction of sp³-hybridized carbons (Fsp3) is 0.571. The molecule has 0 aromatic heterocycles. The molecule has 2 aliphatic heterocycles. The van der Waals surface area contributed by atoms with Crippen LogP contribution in [0.15, 0.2) is 29.2 Å². The van der Waals surface area contributed by atoms with Crippen LogP contribution in [-0.2, 0) is 28.5 Å². The molecule has 0 saturated carbocycles. The maximum Gasteiger partial charge on any atom is 0.297 e. The monoisotopic (exact) mass is 330 g/mol. The van der Waals surface area contributed by atoms with Gasteiger partial charge in [0.15, 0.2) is 12.6 Å². The lowest BCUT2D eigenvalue weighted by molar-refractivity contribution is -0.166. The Morgan fingerprint density at radius 2 is 1.86 bits per heavy atom. The molecular weight excluding hydrogens is 312 g/mol. The predicted octanol–water partition coefficient (Wildman–Crippen LogP) is 0.548. The van der Waals surface area contributed by atoms with Gasteiger partial charge in [-0.25, -0.2) is 0 Å². The van der Waals surface area contributed by atoms with E-state index in [1.54, 1.807) is 19.1 Å². The Hall–Kier alpha value is -1.03. The molecule has 22 heavy (non-hydrogen) atoms. The molecule has 0 bridgehead atoms. The lowest BCUT2D eigenvalue weighted by Gasteiger charge is -2.17. The Morgan fingerprint density at radius 1 is 1.18 bits per heavy atom. The third-order valence-corrected chi connectivity index (χ3v) is 4.96. The maximum atomic E-state index is 12.1. The van der Waals surface area contributed by atoms with E-state index in [0.29, 0.717) is 0 Å². The Bertz CT molecular complexity index is 627. The van der Waals surface area contributed by atoms with Gasteiger partial charge in [0.25, 0.3) is 10.1 Å². The van der Waals surface area contributed by atoms with Crippen LogP contribution in [0.4, 0.5) is 0 Å². The highest BCUT2D eigenvalue weighted by Gasteiger charge is 2.51. The van der Waals surface area contributed by atoms with E-state index in [9.17, 15) is 13.5 Å². The molecule has 0 spiro atoms. The molecule has 122 valence electrons. The van der Waals surface area contributed by atoms with Crippen molar-refractivity contribution in [3.63, 3.8) is 0 Å². The van der Waals surface area contributed by atoms with E-state index >= 15 is 0 Å². The Labute approximate surface area is 128 Å². The molecule has 1 N–H and O–H groups in total. The van der Waals surface area contributed by atoms with Gasteiger partial charge < -0.3 is 19.3 Å². The van der Waals surface area contributed by atoms with Crippen molar-refractivity contribution < 1.29 is 31.9 Å². The number of aliphatic hydroxyl groups is 1. The zero-order valence-electron chi connectivity index (χ0n) is 12.2. The molecule has 2 aliphatic rings. The van der Waals surface area contributed by atoms with Gasteiger partial charge in [-0.05, 0) is 26.0 Å². The van der Waals surface area contributed by atoms with Gasteiger partial charge in [0.2, 0.25) is 0 Å². The largest absolute Gasteiger partial charge is 0.387 e. The fourth-order valence-corrected chi connectivity index (χ4v) is 3.39. The predicted molar refractivity (Wildman–Crippen MR) is 74.4 cm³/mol. The van der Waals surface area contributed by atoms with E-state index in [1.165, 1.54) is 12.1 Å². The van der Waals surface area contributed by atoms with E-state index < -0.39 is 41.0 Å². The van der Waals surface area contributed by atoms with E-state index in [4.69, 9.17) is 18.4 Å². The number of benzene rings is 1.